The van der Waals surface area contributed by atoms with Crippen LogP contribution in [0.25, 0.3) is 0 Å². The Morgan fingerprint density at radius 3 is 2.73 bits per heavy atom. The van der Waals surface area contributed by atoms with Crippen LogP contribution >= 0.6 is 33.9 Å². The molecule has 0 radical (unpaired) electrons. The molecule has 0 unspecified atom stereocenters. The van der Waals surface area contributed by atoms with Crippen LogP contribution in [0.1, 0.15) is 63.2 Å². The molecule has 7 heteroatoms. The number of rotatable bonds is 7. The highest BCUT2D eigenvalue weighted by Crippen LogP contribution is 2.40. The number of ether oxygens (including phenoxy) is 2. The van der Waals surface area contributed by atoms with Gasteiger partial charge in [-0.1, -0.05) is 30.9 Å². The number of benzene rings is 2. The summed E-state index contributed by atoms with van der Waals surface area (Å²) in [6.07, 6.45) is 13.7. The Morgan fingerprint density at radius 2 is 1.97 bits per heavy atom. The number of hydrogen-bond acceptors (Lipinski definition) is 5. The first kappa shape index (κ1) is 27.2. The predicted molar refractivity (Wildman–Crippen MR) is 161 cm³/mol. The quantitative estimate of drug-likeness (QED) is 0.167. The number of fused-ring (bicyclic) bond motifs is 1. The van der Waals surface area contributed by atoms with Gasteiger partial charge in [-0.2, -0.15) is 0 Å². The maximum Gasteiger partial charge on any atom is 0.259 e. The van der Waals surface area contributed by atoms with Crippen molar-refractivity contribution in [2.75, 3.05) is 19.0 Å². The molecule has 0 bridgehead atoms. The van der Waals surface area contributed by atoms with Crippen molar-refractivity contribution < 1.29 is 14.3 Å². The van der Waals surface area contributed by atoms with Gasteiger partial charge in [0, 0.05) is 16.8 Å². The van der Waals surface area contributed by atoms with Gasteiger partial charge in [-0.3, -0.25) is 4.79 Å². The number of halogens is 1. The normalized spacial score (nSPS) is 13.4. The molecule has 0 aliphatic heterocycles. The number of thiophene rings is 1. The van der Waals surface area contributed by atoms with E-state index in [1.54, 1.807) is 24.7 Å². The molecular weight excluding hydrogens is 595 g/mol. The van der Waals surface area contributed by atoms with E-state index >= 15 is 0 Å². The summed E-state index contributed by atoms with van der Waals surface area (Å²) in [7, 11) is 1.60. The number of anilines is 1. The average Bonchev–Trinajstić information content (AvgIpc) is 3.20. The molecule has 1 heterocycles. The van der Waals surface area contributed by atoms with E-state index in [9.17, 15) is 4.79 Å². The van der Waals surface area contributed by atoms with Gasteiger partial charge in [0.15, 0.2) is 11.5 Å². The van der Waals surface area contributed by atoms with E-state index in [1.807, 2.05) is 38.1 Å². The van der Waals surface area contributed by atoms with Crippen LogP contribution in [0.4, 0.5) is 10.7 Å². The Bertz CT molecular complexity index is 1370. The first-order valence-corrected chi connectivity index (χ1v) is 14.3. The fourth-order valence-corrected chi connectivity index (χ4v) is 6.50. The van der Waals surface area contributed by atoms with Crippen LogP contribution in [-0.2, 0) is 12.8 Å². The average molecular weight is 627 g/mol. The van der Waals surface area contributed by atoms with Crippen LogP contribution < -0.4 is 14.8 Å². The van der Waals surface area contributed by atoms with Crippen LogP contribution in [0.3, 0.4) is 0 Å². The standard InChI is InChI=1S/C30H31IN2O3S/c1-5-14-36-28-23(31)16-21(17-25(28)35-4)18-32-30-27(22-10-8-6-7-9-11-26(22)37-30)29(34)33-24-15-19(2)12-13-20(24)3/h1,12-13,15-18H,6-11,14H2,2-4H3,(H,33,34). The molecule has 0 saturated heterocycles. The van der Waals surface area contributed by atoms with Gasteiger partial charge in [0.25, 0.3) is 5.91 Å². The van der Waals surface area contributed by atoms with Gasteiger partial charge >= 0.3 is 0 Å². The zero-order valence-corrected chi connectivity index (χ0v) is 24.4. The van der Waals surface area contributed by atoms with Crippen LogP contribution in [-0.4, -0.2) is 25.8 Å². The Morgan fingerprint density at radius 1 is 1.19 bits per heavy atom. The number of nitrogens with zero attached hydrogens (tertiary/aromatic N) is 1. The van der Waals surface area contributed by atoms with Crippen molar-refractivity contribution in [1.29, 1.82) is 0 Å². The molecule has 5 nitrogen and oxygen atoms in total. The summed E-state index contributed by atoms with van der Waals surface area (Å²) in [5.41, 5.74) is 5.71. The second-order valence-electron chi connectivity index (χ2n) is 9.16. The molecule has 3 aromatic rings. The lowest BCUT2D eigenvalue weighted by Crippen LogP contribution is -2.15. The summed E-state index contributed by atoms with van der Waals surface area (Å²) >= 11 is 3.85. The third kappa shape index (κ3) is 6.55. The summed E-state index contributed by atoms with van der Waals surface area (Å²) in [6.45, 7) is 4.21. The lowest BCUT2D eigenvalue weighted by molar-refractivity contribution is 0.102. The molecule has 192 valence electrons. The number of amides is 1. The zero-order valence-electron chi connectivity index (χ0n) is 21.4. The number of carbonyl (C=O) groups excluding carboxylic acids is 1. The fraction of sp³-hybridized carbons (Fsp3) is 0.333. The van der Waals surface area contributed by atoms with Gasteiger partial charge in [0.05, 0.1) is 16.2 Å². The second-order valence-corrected chi connectivity index (χ2v) is 11.4. The Kier molecular flexibility index (Phi) is 9.28. The summed E-state index contributed by atoms with van der Waals surface area (Å²) in [5, 5.41) is 3.92. The number of aliphatic imine (C=N–C) groups is 1. The van der Waals surface area contributed by atoms with Crippen molar-refractivity contribution in [1.82, 2.24) is 0 Å². The summed E-state index contributed by atoms with van der Waals surface area (Å²) in [5.74, 6) is 3.60. The molecule has 0 saturated carbocycles. The Labute approximate surface area is 236 Å². The van der Waals surface area contributed by atoms with Crippen molar-refractivity contribution in [3.63, 3.8) is 0 Å². The van der Waals surface area contributed by atoms with Crippen LogP contribution in [0.2, 0.25) is 0 Å². The molecule has 1 aliphatic carbocycles. The predicted octanol–water partition coefficient (Wildman–Crippen LogP) is 7.65. The molecule has 1 amide bonds. The molecular formula is C30H31IN2O3S. The van der Waals surface area contributed by atoms with Crippen LogP contribution in [0, 0.1) is 29.8 Å². The van der Waals surface area contributed by atoms with E-state index in [1.165, 1.54) is 17.7 Å². The number of aryl methyl sites for hydroxylation is 3. The van der Waals surface area contributed by atoms with Gasteiger partial charge < -0.3 is 14.8 Å². The second kappa shape index (κ2) is 12.6. The number of carbonyl (C=O) groups is 1. The fourth-order valence-electron chi connectivity index (χ4n) is 4.49. The maximum absolute atomic E-state index is 13.7. The van der Waals surface area contributed by atoms with Crippen molar-refractivity contribution in [3.8, 4) is 23.8 Å². The van der Waals surface area contributed by atoms with Gasteiger partial charge in [-0.15, -0.1) is 17.8 Å². The van der Waals surface area contributed by atoms with Gasteiger partial charge in [0.1, 0.15) is 11.6 Å². The molecule has 1 aliphatic rings. The minimum atomic E-state index is -0.0934. The minimum absolute atomic E-state index is 0.0934. The third-order valence-corrected chi connectivity index (χ3v) is 8.40. The van der Waals surface area contributed by atoms with E-state index in [-0.39, 0.29) is 12.5 Å². The van der Waals surface area contributed by atoms with Crippen molar-refractivity contribution in [2.24, 2.45) is 4.99 Å². The Hall–Kier alpha value is -2.83. The number of hydrogen-bond donors (Lipinski definition) is 1. The van der Waals surface area contributed by atoms with E-state index in [2.05, 4.69) is 39.9 Å². The van der Waals surface area contributed by atoms with Gasteiger partial charge in [-0.25, -0.2) is 4.99 Å². The van der Waals surface area contributed by atoms with Gasteiger partial charge in [-0.05, 0) is 103 Å². The van der Waals surface area contributed by atoms with Crippen LogP contribution in [0.15, 0.2) is 35.3 Å². The van der Waals surface area contributed by atoms with E-state index in [4.69, 9.17) is 20.9 Å². The molecule has 0 spiro atoms. The highest BCUT2D eigenvalue weighted by molar-refractivity contribution is 14.1. The highest BCUT2D eigenvalue weighted by atomic mass is 127. The summed E-state index contributed by atoms with van der Waals surface area (Å²) < 4.78 is 12.1. The van der Waals surface area contributed by atoms with Crippen molar-refractivity contribution in [2.45, 2.75) is 52.4 Å². The highest BCUT2D eigenvalue weighted by Gasteiger charge is 2.24. The number of nitrogens with one attached hydrogen (secondary N) is 1. The molecule has 1 N–H and O–H groups in total. The lowest BCUT2D eigenvalue weighted by atomic mass is 9.96. The SMILES string of the molecule is C#CCOc1c(I)cc(C=Nc2sc3c(c2C(=O)Nc2cc(C)ccc2C)CCCCCC3)cc1OC. The van der Waals surface area contributed by atoms with Crippen LogP contribution in [0.5, 0.6) is 11.5 Å². The van der Waals surface area contributed by atoms with Crippen molar-refractivity contribution in [3.05, 3.63) is 66.6 Å². The number of terminal acetylenes is 1. The molecule has 4 rings (SSSR count). The summed E-state index contributed by atoms with van der Waals surface area (Å²) in [4.78, 5) is 19.8. The molecule has 1 aromatic heterocycles. The summed E-state index contributed by atoms with van der Waals surface area (Å²) in [6, 6.07) is 9.95. The number of methoxy groups -OCH3 is 1. The van der Waals surface area contributed by atoms with E-state index in [0.717, 1.165) is 62.2 Å². The first-order valence-electron chi connectivity index (χ1n) is 12.4. The molecule has 37 heavy (non-hydrogen) atoms. The minimum Gasteiger partial charge on any atom is -0.493 e. The topological polar surface area (TPSA) is 59.9 Å². The monoisotopic (exact) mass is 626 g/mol. The smallest absolute Gasteiger partial charge is 0.259 e. The van der Waals surface area contributed by atoms with E-state index < -0.39 is 0 Å². The van der Waals surface area contributed by atoms with Gasteiger partial charge in [0.2, 0.25) is 0 Å². The molecule has 0 atom stereocenters. The largest absolute Gasteiger partial charge is 0.493 e. The Balaban J connectivity index is 1.72. The van der Waals surface area contributed by atoms with E-state index in [0.29, 0.717) is 17.1 Å². The first-order chi connectivity index (χ1) is 17.9. The molecule has 2 aromatic carbocycles. The maximum atomic E-state index is 13.7. The third-order valence-electron chi connectivity index (χ3n) is 6.40. The zero-order chi connectivity index (χ0) is 26.4. The van der Waals surface area contributed by atoms with Crippen molar-refractivity contribution >= 4 is 56.7 Å². The molecule has 0 fully saturated rings. The lowest BCUT2D eigenvalue weighted by Gasteiger charge is -2.13.